The van der Waals surface area contributed by atoms with Crippen molar-refractivity contribution in [3.8, 4) is 5.75 Å². The van der Waals surface area contributed by atoms with E-state index in [1.54, 1.807) is 19.2 Å². The van der Waals surface area contributed by atoms with Crippen molar-refractivity contribution in [1.29, 1.82) is 0 Å². The Morgan fingerprint density at radius 3 is 2.69 bits per heavy atom. The predicted octanol–water partition coefficient (Wildman–Crippen LogP) is 2.68. The molecule has 4 rings (SSSR count). The van der Waals surface area contributed by atoms with Gasteiger partial charge in [-0.25, -0.2) is 14.9 Å². The zero-order valence-corrected chi connectivity index (χ0v) is 15.8. The summed E-state index contributed by atoms with van der Waals surface area (Å²) in [7, 11) is 1.54. The van der Waals surface area contributed by atoms with Crippen LogP contribution in [0.3, 0.4) is 0 Å². The molecule has 4 N–H and O–H groups in total. The molecular formula is C20H18N6O3. The number of benzene rings is 2. The molecule has 0 saturated carbocycles. The molecule has 0 fully saturated rings. The van der Waals surface area contributed by atoms with E-state index in [-0.39, 0.29) is 17.3 Å². The van der Waals surface area contributed by atoms with Gasteiger partial charge in [-0.05, 0) is 30.7 Å². The van der Waals surface area contributed by atoms with Gasteiger partial charge in [0.2, 0.25) is 5.95 Å². The number of ether oxygens (including phenoxy) is 1. The lowest BCUT2D eigenvalue weighted by atomic mass is 10.1. The number of carbonyl (C=O) groups excluding carboxylic acids is 2. The van der Waals surface area contributed by atoms with Crippen LogP contribution in [0, 0.1) is 6.92 Å². The molecule has 0 radical (unpaired) electrons. The van der Waals surface area contributed by atoms with Crippen molar-refractivity contribution in [3.05, 3.63) is 65.7 Å². The number of rotatable bonds is 5. The molecule has 2 aromatic heterocycles. The van der Waals surface area contributed by atoms with Crippen LogP contribution >= 0.6 is 0 Å². The summed E-state index contributed by atoms with van der Waals surface area (Å²) >= 11 is 0. The van der Waals surface area contributed by atoms with E-state index in [4.69, 9.17) is 10.5 Å². The predicted molar refractivity (Wildman–Crippen MR) is 107 cm³/mol. The lowest BCUT2D eigenvalue weighted by Crippen LogP contribution is -2.30. The number of methoxy groups -OCH3 is 1. The SMILES string of the molecule is COc1ccc(C)c(N(C(=O)c2[nH]cnc2C(N)=O)c2nc3ccccc3[nH]2)c1. The molecule has 0 bridgehead atoms. The van der Waals surface area contributed by atoms with Gasteiger partial charge in [0.15, 0.2) is 5.69 Å². The van der Waals surface area contributed by atoms with Crippen LogP contribution in [-0.4, -0.2) is 38.9 Å². The highest BCUT2D eigenvalue weighted by Crippen LogP contribution is 2.32. The number of aromatic amines is 2. The summed E-state index contributed by atoms with van der Waals surface area (Å²) in [5, 5.41) is 0. The van der Waals surface area contributed by atoms with E-state index in [0.717, 1.165) is 11.1 Å². The average molecular weight is 390 g/mol. The fraction of sp³-hybridized carbons (Fsp3) is 0.100. The van der Waals surface area contributed by atoms with E-state index in [1.807, 2.05) is 37.3 Å². The van der Waals surface area contributed by atoms with Crippen LogP contribution in [0.5, 0.6) is 5.75 Å². The minimum atomic E-state index is -0.804. The molecule has 29 heavy (non-hydrogen) atoms. The maximum atomic E-state index is 13.5. The molecule has 9 nitrogen and oxygen atoms in total. The van der Waals surface area contributed by atoms with E-state index >= 15 is 0 Å². The molecule has 0 spiro atoms. The summed E-state index contributed by atoms with van der Waals surface area (Å²) in [6.45, 7) is 1.86. The lowest BCUT2D eigenvalue weighted by molar-refractivity contribution is 0.0961. The van der Waals surface area contributed by atoms with Gasteiger partial charge in [-0.2, -0.15) is 0 Å². The number of fused-ring (bicyclic) bond motifs is 1. The van der Waals surface area contributed by atoms with Gasteiger partial charge in [-0.3, -0.25) is 9.59 Å². The monoisotopic (exact) mass is 390 g/mol. The van der Waals surface area contributed by atoms with E-state index in [2.05, 4.69) is 19.9 Å². The fourth-order valence-corrected chi connectivity index (χ4v) is 3.08. The normalized spacial score (nSPS) is 10.8. The Kier molecular flexibility index (Phi) is 4.47. The first-order valence-corrected chi connectivity index (χ1v) is 8.76. The number of amides is 2. The Morgan fingerprint density at radius 2 is 1.97 bits per heavy atom. The maximum absolute atomic E-state index is 13.5. The van der Waals surface area contributed by atoms with Crippen molar-refractivity contribution >= 4 is 34.5 Å². The first kappa shape index (κ1) is 18.2. The first-order valence-electron chi connectivity index (χ1n) is 8.76. The van der Waals surface area contributed by atoms with E-state index < -0.39 is 11.8 Å². The van der Waals surface area contributed by atoms with E-state index in [1.165, 1.54) is 11.2 Å². The van der Waals surface area contributed by atoms with Gasteiger partial charge in [0.1, 0.15) is 11.4 Å². The first-order chi connectivity index (χ1) is 14.0. The largest absolute Gasteiger partial charge is 0.497 e. The lowest BCUT2D eigenvalue weighted by Gasteiger charge is -2.22. The Labute approximate surface area is 165 Å². The van der Waals surface area contributed by atoms with Crippen molar-refractivity contribution in [1.82, 2.24) is 19.9 Å². The summed E-state index contributed by atoms with van der Waals surface area (Å²) in [6, 6.07) is 12.8. The standard InChI is InChI=1S/C20H18N6O3/c1-11-7-8-12(29-2)9-15(11)26(19(28)17-16(18(21)27)22-10-23-17)20-24-13-5-3-4-6-14(13)25-20/h3-10H,1-2H3,(H2,21,27)(H,22,23)(H,24,25). The number of aromatic nitrogens is 4. The van der Waals surface area contributed by atoms with Gasteiger partial charge in [0.25, 0.3) is 11.8 Å². The van der Waals surface area contributed by atoms with Crippen LogP contribution < -0.4 is 15.4 Å². The smallest absolute Gasteiger partial charge is 0.284 e. The molecule has 2 aromatic carbocycles. The summed E-state index contributed by atoms with van der Waals surface area (Å²) < 4.78 is 5.32. The molecule has 0 saturated heterocycles. The summed E-state index contributed by atoms with van der Waals surface area (Å²) in [4.78, 5) is 40.9. The van der Waals surface area contributed by atoms with Crippen LogP contribution in [-0.2, 0) is 0 Å². The molecule has 0 aliphatic heterocycles. The van der Waals surface area contributed by atoms with Gasteiger partial charge in [-0.1, -0.05) is 18.2 Å². The second-order valence-corrected chi connectivity index (χ2v) is 6.36. The molecule has 9 heteroatoms. The van der Waals surface area contributed by atoms with Crippen LogP contribution in [0.1, 0.15) is 26.5 Å². The minimum Gasteiger partial charge on any atom is -0.497 e. The Balaban J connectivity index is 1.93. The molecule has 2 heterocycles. The number of hydrogen-bond donors (Lipinski definition) is 3. The van der Waals surface area contributed by atoms with Crippen LogP contribution in [0.15, 0.2) is 48.8 Å². The highest BCUT2D eigenvalue weighted by atomic mass is 16.5. The molecule has 0 aliphatic rings. The number of anilines is 2. The number of nitrogens with zero attached hydrogens (tertiary/aromatic N) is 3. The maximum Gasteiger partial charge on any atom is 0.284 e. The van der Waals surface area contributed by atoms with E-state index in [9.17, 15) is 9.59 Å². The number of primary amides is 1. The highest BCUT2D eigenvalue weighted by molar-refractivity contribution is 6.14. The number of nitrogens with two attached hydrogens (primary N) is 1. The van der Waals surface area contributed by atoms with Crippen molar-refractivity contribution in [2.45, 2.75) is 6.92 Å². The second kappa shape index (κ2) is 7.12. The number of carbonyl (C=O) groups is 2. The van der Waals surface area contributed by atoms with Crippen LogP contribution in [0.25, 0.3) is 11.0 Å². The number of nitrogens with one attached hydrogen (secondary N) is 2. The number of imidazole rings is 2. The van der Waals surface area contributed by atoms with E-state index in [0.29, 0.717) is 17.0 Å². The van der Waals surface area contributed by atoms with Gasteiger partial charge < -0.3 is 20.4 Å². The zero-order valence-electron chi connectivity index (χ0n) is 15.8. The Bertz CT molecular complexity index is 1190. The fourth-order valence-electron chi connectivity index (χ4n) is 3.08. The Hall–Kier alpha value is -4.14. The van der Waals surface area contributed by atoms with Crippen LogP contribution in [0.2, 0.25) is 0 Å². The zero-order chi connectivity index (χ0) is 20.5. The number of hydrogen-bond acceptors (Lipinski definition) is 5. The minimum absolute atomic E-state index is 0.0276. The molecule has 0 aliphatic carbocycles. The number of H-pyrrole nitrogens is 2. The summed E-state index contributed by atoms with van der Waals surface area (Å²) in [5.74, 6) is -0.481. The number of para-hydroxylation sites is 2. The summed E-state index contributed by atoms with van der Waals surface area (Å²) in [6.07, 6.45) is 1.25. The number of aryl methyl sites for hydroxylation is 1. The van der Waals surface area contributed by atoms with Gasteiger partial charge in [0, 0.05) is 6.07 Å². The molecule has 0 unspecified atom stereocenters. The third-order valence-electron chi connectivity index (χ3n) is 4.54. The van der Waals surface area contributed by atoms with Crippen molar-refractivity contribution < 1.29 is 14.3 Å². The van der Waals surface area contributed by atoms with Gasteiger partial charge in [-0.15, -0.1) is 0 Å². The molecule has 0 atom stereocenters. The van der Waals surface area contributed by atoms with Crippen molar-refractivity contribution in [2.75, 3.05) is 12.0 Å². The molecular weight excluding hydrogens is 372 g/mol. The van der Waals surface area contributed by atoms with Crippen molar-refractivity contribution in [2.24, 2.45) is 5.73 Å². The van der Waals surface area contributed by atoms with Gasteiger partial charge >= 0.3 is 0 Å². The third-order valence-corrected chi connectivity index (χ3v) is 4.54. The van der Waals surface area contributed by atoms with Crippen molar-refractivity contribution in [3.63, 3.8) is 0 Å². The Morgan fingerprint density at radius 1 is 1.17 bits per heavy atom. The third kappa shape index (κ3) is 3.18. The highest BCUT2D eigenvalue weighted by Gasteiger charge is 2.29. The molecule has 4 aromatic rings. The quantitative estimate of drug-likeness (QED) is 0.482. The second-order valence-electron chi connectivity index (χ2n) is 6.36. The summed E-state index contributed by atoms with van der Waals surface area (Å²) in [5.41, 5.74) is 8.01. The topological polar surface area (TPSA) is 130 Å². The molecule has 146 valence electrons. The van der Waals surface area contributed by atoms with Crippen LogP contribution in [0.4, 0.5) is 11.6 Å². The average Bonchev–Trinajstić information content (AvgIpc) is 3.36. The molecule has 2 amide bonds. The van der Waals surface area contributed by atoms with Gasteiger partial charge in [0.05, 0.1) is 30.2 Å².